The molecule has 0 aromatic heterocycles. The van der Waals surface area contributed by atoms with Crippen LogP contribution < -0.4 is 4.74 Å². The quantitative estimate of drug-likeness (QED) is 0.654. The Bertz CT molecular complexity index is 914. The lowest BCUT2D eigenvalue weighted by Crippen LogP contribution is -2.30. The molecule has 0 aliphatic carbocycles. The molecule has 27 heavy (non-hydrogen) atoms. The number of ether oxygens (including phenoxy) is 1. The molecule has 5 nitrogen and oxygen atoms in total. The van der Waals surface area contributed by atoms with E-state index in [1.807, 2.05) is 6.92 Å². The molecule has 0 bridgehead atoms. The van der Waals surface area contributed by atoms with Gasteiger partial charge in [-0.1, -0.05) is 35.3 Å². The van der Waals surface area contributed by atoms with Crippen LogP contribution in [0, 0.1) is 0 Å². The van der Waals surface area contributed by atoms with E-state index in [9.17, 15) is 13.2 Å². The molecule has 0 N–H and O–H groups in total. The number of hydrogen-bond donors (Lipinski definition) is 0. The van der Waals surface area contributed by atoms with Gasteiger partial charge >= 0.3 is 0 Å². The van der Waals surface area contributed by atoms with Crippen molar-refractivity contribution in [1.29, 1.82) is 0 Å². The Hall–Kier alpha value is -1.76. The Morgan fingerprint density at radius 2 is 1.74 bits per heavy atom. The molecule has 0 radical (unpaired) electrons. The van der Waals surface area contributed by atoms with Gasteiger partial charge in [0.2, 0.25) is 5.91 Å². The number of rotatable bonds is 7. The van der Waals surface area contributed by atoms with Crippen LogP contribution in [0.4, 0.5) is 0 Å². The third-order valence-corrected chi connectivity index (χ3v) is 6.11. The van der Waals surface area contributed by atoms with Crippen LogP contribution in [-0.2, 0) is 14.6 Å². The molecule has 146 valence electrons. The minimum absolute atomic E-state index is 0.0882. The third-order valence-electron chi connectivity index (χ3n) is 4.24. The second-order valence-corrected chi connectivity index (χ2v) is 9.03. The van der Waals surface area contributed by atoms with Gasteiger partial charge in [-0.3, -0.25) is 4.79 Å². The average Bonchev–Trinajstić information content (AvgIpc) is 2.62. The van der Waals surface area contributed by atoms with Crippen LogP contribution in [0.3, 0.4) is 0 Å². The van der Waals surface area contributed by atoms with Crippen molar-refractivity contribution >= 4 is 38.9 Å². The van der Waals surface area contributed by atoms with Crippen molar-refractivity contribution in [2.45, 2.75) is 24.3 Å². The van der Waals surface area contributed by atoms with Gasteiger partial charge in [0.1, 0.15) is 5.75 Å². The SMILES string of the molecule is CC(c1ccc(S(C)(=O)=O)cc1)N(C)C(=O)CCOc1ccc(Cl)c(Cl)c1. The van der Waals surface area contributed by atoms with Gasteiger partial charge < -0.3 is 9.64 Å². The molecule has 0 aliphatic rings. The van der Waals surface area contributed by atoms with E-state index >= 15 is 0 Å². The summed E-state index contributed by atoms with van der Waals surface area (Å²) in [5, 5.41) is 0.833. The van der Waals surface area contributed by atoms with E-state index in [0.29, 0.717) is 15.8 Å². The van der Waals surface area contributed by atoms with Gasteiger partial charge in [-0.05, 0) is 36.8 Å². The second kappa shape index (κ2) is 8.95. The molecule has 1 atom stereocenters. The standard InChI is InChI=1S/C19H21Cl2NO4S/c1-13(14-4-7-16(8-5-14)27(3,24)25)22(2)19(23)10-11-26-15-6-9-17(20)18(21)12-15/h4-9,12-13H,10-11H2,1-3H3. The summed E-state index contributed by atoms with van der Waals surface area (Å²) < 4.78 is 28.6. The Morgan fingerprint density at radius 3 is 2.30 bits per heavy atom. The fraction of sp³-hybridized carbons (Fsp3) is 0.316. The largest absolute Gasteiger partial charge is 0.493 e. The topological polar surface area (TPSA) is 63.7 Å². The first-order chi connectivity index (χ1) is 12.6. The summed E-state index contributed by atoms with van der Waals surface area (Å²) in [5.41, 5.74) is 0.851. The molecule has 0 aliphatic heterocycles. The smallest absolute Gasteiger partial charge is 0.226 e. The zero-order valence-electron chi connectivity index (χ0n) is 15.3. The summed E-state index contributed by atoms with van der Waals surface area (Å²) in [6, 6.07) is 11.3. The Kier molecular flexibility index (Phi) is 7.14. The summed E-state index contributed by atoms with van der Waals surface area (Å²) in [7, 11) is -1.54. The lowest BCUT2D eigenvalue weighted by Gasteiger charge is -2.25. The normalized spacial score (nSPS) is 12.5. The lowest BCUT2D eigenvalue weighted by atomic mass is 10.1. The predicted octanol–water partition coefficient (Wildman–Crippen LogP) is 4.39. The van der Waals surface area contributed by atoms with E-state index in [2.05, 4.69) is 0 Å². The van der Waals surface area contributed by atoms with Crippen LogP contribution in [0.5, 0.6) is 5.75 Å². The van der Waals surface area contributed by atoms with Crippen molar-refractivity contribution in [2.24, 2.45) is 0 Å². The molecular weight excluding hydrogens is 409 g/mol. The van der Waals surface area contributed by atoms with Crippen LogP contribution in [0.25, 0.3) is 0 Å². The maximum absolute atomic E-state index is 12.4. The Morgan fingerprint density at radius 1 is 1.11 bits per heavy atom. The van der Waals surface area contributed by atoms with Crippen molar-refractivity contribution in [1.82, 2.24) is 4.90 Å². The van der Waals surface area contributed by atoms with Gasteiger partial charge in [0.15, 0.2) is 9.84 Å². The molecule has 1 amide bonds. The lowest BCUT2D eigenvalue weighted by molar-refractivity contribution is -0.132. The number of amides is 1. The van der Waals surface area contributed by atoms with E-state index in [4.69, 9.17) is 27.9 Å². The van der Waals surface area contributed by atoms with Crippen molar-refractivity contribution in [3.63, 3.8) is 0 Å². The zero-order chi connectivity index (χ0) is 20.2. The van der Waals surface area contributed by atoms with Crippen molar-refractivity contribution < 1.29 is 17.9 Å². The summed E-state index contributed by atoms with van der Waals surface area (Å²) in [6.45, 7) is 2.09. The number of sulfone groups is 1. The number of carbonyl (C=O) groups is 1. The molecule has 0 heterocycles. The van der Waals surface area contributed by atoms with Crippen LogP contribution >= 0.6 is 23.2 Å². The molecule has 2 aromatic carbocycles. The van der Waals surface area contributed by atoms with Gasteiger partial charge in [0, 0.05) is 19.4 Å². The fourth-order valence-corrected chi connectivity index (χ4v) is 3.35. The first-order valence-electron chi connectivity index (χ1n) is 8.23. The minimum atomic E-state index is -3.24. The summed E-state index contributed by atoms with van der Waals surface area (Å²) in [5.74, 6) is 0.457. The number of halogens is 2. The highest BCUT2D eigenvalue weighted by Gasteiger charge is 2.18. The van der Waals surface area contributed by atoms with E-state index in [1.165, 1.54) is 0 Å². The molecule has 0 saturated carbocycles. The number of nitrogens with zero attached hydrogens (tertiary/aromatic N) is 1. The Labute approximate surface area is 169 Å². The molecule has 8 heteroatoms. The van der Waals surface area contributed by atoms with Crippen molar-refractivity contribution in [3.8, 4) is 5.75 Å². The average molecular weight is 430 g/mol. The van der Waals surface area contributed by atoms with E-state index < -0.39 is 9.84 Å². The molecule has 1 unspecified atom stereocenters. The van der Waals surface area contributed by atoms with Gasteiger partial charge in [-0.2, -0.15) is 0 Å². The molecule has 0 spiro atoms. The van der Waals surface area contributed by atoms with Crippen LogP contribution in [-0.4, -0.2) is 39.1 Å². The number of carbonyl (C=O) groups excluding carboxylic acids is 1. The summed E-state index contributed by atoms with van der Waals surface area (Å²) in [6.07, 6.45) is 1.36. The third kappa shape index (κ3) is 5.86. The predicted molar refractivity (Wildman–Crippen MR) is 107 cm³/mol. The van der Waals surface area contributed by atoms with E-state index in [0.717, 1.165) is 11.8 Å². The van der Waals surface area contributed by atoms with E-state index in [1.54, 1.807) is 54.4 Å². The van der Waals surface area contributed by atoms with Gasteiger partial charge in [-0.15, -0.1) is 0 Å². The van der Waals surface area contributed by atoms with Gasteiger partial charge in [-0.25, -0.2) is 8.42 Å². The summed E-state index contributed by atoms with van der Waals surface area (Å²) >= 11 is 11.8. The van der Waals surface area contributed by atoms with E-state index in [-0.39, 0.29) is 29.9 Å². The molecule has 0 saturated heterocycles. The highest BCUT2D eigenvalue weighted by Crippen LogP contribution is 2.26. The highest BCUT2D eigenvalue weighted by molar-refractivity contribution is 7.90. The summed E-state index contributed by atoms with van der Waals surface area (Å²) in [4.78, 5) is 14.3. The molecule has 2 aromatic rings. The monoisotopic (exact) mass is 429 g/mol. The van der Waals surface area contributed by atoms with Gasteiger partial charge in [0.25, 0.3) is 0 Å². The molecule has 2 rings (SSSR count). The number of hydrogen-bond acceptors (Lipinski definition) is 4. The highest BCUT2D eigenvalue weighted by atomic mass is 35.5. The maximum atomic E-state index is 12.4. The Balaban J connectivity index is 1.92. The zero-order valence-corrected chi connectivity index (χ0v) is 17.6. The first kappa shape index (κ1) is 21.5. The van der Waals surface area contributed by atoms with Crippen LogP contribution in [0.2, 0.25) is 10.0 Å². The molecule has 0 fully saturated rings. The number of benzene rings is 2. The first-order valence-corrected chi connectivity index (χ1v) is 10.9. The minimum Gasteiger partial charge on any atom is -0.493 e. The molecular formula is C19H21Cl2NO4S. The maximum Gasteiger partial charge on any atom is 0.226 e. The van der Waals surface area contributed by atoms with Crippen LogP contribution in [0.15, 0.2) is 47.4 Å². The van der Waals surface area contributed by atoms with Crippen molar-refractivity contribution in [3.05, 3.63) is 58.1 Å². The fourth-order valence-electron chi connectivity index (χ4n) is 2.43. The van der Waals surface area contributed by atoms with Crippen molar-refractivity contribution in [2.75, 3.05) is 19.9 Å². The van der Waals surface area contributed by atoms with Crippen LogP contribution in [0.1, 0.15) is 24.9 Å². The second-order valence-electron chi connectivity index (χ2n) is 6.20. The van der Waals surface area contributed by atoms with Gasteiger partial charge in [0.05, 0.1) is 34.0 Å².